The van der Waals surface area contributed by atoms with Gasteiger partial charge in [0.15, 0.2) is 11.6 Å². The summed E-state index contributed by atoms with van der Waals surface area (Å²) in [6.45, 7) is 4.97. The zero-order chi connectivity index (χ0) is 20.7. The summed E-state index contributed by atoms with van der Waals surface area (Å²) in [6.07, 6.45) is 16.4. The number of benzene rings is 1. The van der Waals surface area contributed by atoms with Gasteiger partial charge in [0.2, 0.25) is 0 Å². The van der Waals surface area contributed by atoms with E-state index in [9.17, 15) is 4.39 Å². The Bertz CT molecular complexity index is 701. The van der Waals surface area contributed by atoms with Crippen LogP contribution in [0.4, 0.5) is 4.39 Å². The Hall–Kier alpha value is -1.90. The Balaban J connectivity index is 1.88. The molecular formula is C26H38FNO. The van der Waals surface area contributed by atoms with Crippen LogP contribution in [0.1, 0.15) is 90.0 Å². The van der Waals surface area contributed by atoms with Crippen LogP contribution >= 0.6 is 0 Å². The Kier molecular flexibility index (Phi) is 11.4. The van der Waals surface area contributed by atoms with Gasteiger partial charge in [-0.1, -0.05) is 77.7 Å². The molecule has 0 spiro atoms. The summed E-state index contributed by atoms with van der Waals surface area (Å²) in [4.78, 5) is 4.55. The molecule has 0 saturated heterocycles. The molecule has 1 aromatic heterocycles. The number of pyridine rings is 1. The average molecular weight is 400 g/mol. The molecule has 2 aromatic rings. The van der Waals surface area contributed by atoms with Crippen molar-refractivity contribution in [3.05, 3.63) is 47.9 Å². The number of aromatic nitrogens is 1. The third-order valence-electron chi connectivity index (χ3n) is 5.40. The number of hydrogen-bond acceptors (Lipinski definition) is 2. The Morgan fingerprint density at radius 2 is 1.52 bits per heavy atom. The first-order valence-corrected chi connectivity index (χ1v) is 11.6. The summed E-state index contributed by atoms with van der Waals surface area (Å²) < 4.78 is 20.1. The number of aryl methyl sites for hydroxylation is 1. The minimum Gasteiger partial charge on any atom is -0.491 e. The summed E-state index contributed by atoms with van der Waals surface area (Å²) in [6, 6.07) is 9.33. The van der Waals surface area contributed by atoms with Gasteiger partial charge in [0.25, 0.3) is 0 Å². The van der Waals surface area contributed by atoms with E-state index in [0.29, 0.717) is 12.4 Å². The van der Waals surface area contributed by atoms with Crippen LogP contribution < -0.4 is 4.74 Å². The van der Waals surface area contributed by atoms with Gasteiger partial charge in [-0.2, -0.15) is 0 Å². The van der Waals surface area contributed by atoms with Gasteiger partial charge in [-0.05, 0) is 49.1 Å². The number of hydrogen-bond donors (Lipinski definition) is 0. The molecule has 0 unspecified atom stereocenters. The van der Waals surface area contributed by atoms with Crippen molar-refractivity contribution in [3.8, 4) is 17.0 Å². The third kappa shape index (κ3) is 8.55. The minimum absolute atomic E-state index is 0.303. The van der Waals surface area contributed by atoms with E-state index in [2.05, 4.69) is 24.9 Å². The average Bonchev–Trinajstić information content (AvgIpc) is 2.74. The molecule has 0 aliphatic rings. The number of rotatable bonds is 15. The maximum atomic E-state index is 14.5. The van der Waals surface area contributed by atoms with Gasteiger partial charge in [-0.3, -0.25) is 4.98 Å². The van der Waals surface area contributed by atoms with Crippen molar-refractivity contribution in [1.82, 2.24) is 4.98 Å². The summed E-state index contributed by atoms with van der Waals surface area (Å²) in [5, 5.41) is 0. The van der Waals surface area contributed by atoms with Crippen molar-refractivity contribution in [2.24, 2.45) is 0 Å². The Labute approximate surface area is 176 Å². The van der Waals surface area contributed by atoms with Crippen LogP contribution in [0.25, 0.3) is 11.3 Å². The van der Waals surface area contributed by atoms with Gasteiger partial charge < -0.3 is 4.74 Å². The van der Waals surface area contributed by atoms with Crippen molar-refractivity contribution in [3.63, 3.8) is 0 Å². The Morgan fingerprint density at radius 3 is 2.24 bits per heavy atom. The van der Waals surface area contributed by atoms with E-state index in [4.69, 9.17) is 4.74 Å². The van der Waals surface area contributed by atoms with Crippen molar-refractivity contribution in [2.45, 2.75) is 90.9 Å². The lowest BCUT2D eigenvalue weighted by Gasteiger charge is -2.11. The van der Waals surface area contributed by atoms with Crippen LogP contribution in [-0.2, 0) is 6.42 Å². The van der Waals surface area contributed by atoms with Crippen LogP contribution in [-0.4, -0.2) is 11.6 Å². The van der Waals surface area contributed by atoms with E-state index in [1.54, 1.807) is 18.3 Å². The molecule has 0 atom stereocenters. The molecule has 29 heavy (non-hydrogen) atoms. The highest BCUT2D eigenvalue weighted by molar-refractivity contribution is 5.64. The molecule has 1 aromatic carbocycles. The highest BCUT2D eigenvalue weighted by Crippen LogP contribution is 2.28. The molecule has 0 fully saturated rings. The van der Waals surface area contributed by atoms with Crippen molar-refractivity contribution in [2.75, 3.05) is 6.61 Å². The molecular weight excluding hydrogens is 361 g/mol. The maximum absolute atomic E-state index is 14.5. The van der Waals surface area contributed by atoms with E-state index in [1.165, 1.54) is 50.5 Å². The molecule has 160 valence electrons. The summed E-state index contributed by atoms with van der Waals surface area (Å²) in [5.74, 6) is 0.0353. The first-order valence-electron chi connectivity index (χ1n) is 11.6. The van der Waals surface area contributed by atoms with Gasteiger partial charge in [0.1, 0.15) is 0 Å². The monoisotopic (exact) mass is 399 g/mol. The smallest absolute Gasteiger partial charge is 0.165 e. The van der Waals surface area contributed by atoms with Crippen LogP contribution in [0.15, 0.2) is 36.5 Å². The number of unbranched alkanes of at least 4 members (excludes halogenated alkanes) is 9. The second-order valence-electron chi connectivity index (χ2n) is 7.94. The standard InChI is InChI=1S/C26H38FNO/c1-3-5-7-8-9-10-11-12-15-22-16-14-19-28-26(22)23-17-18-25(24(27)21-23)29-20-13-6-4-2/h14,16-19,21H,3-13,15,20H2,1-2H3. The zero-order valence-electron chi connectivity index (χ0n) is 18.4. The lowest BCUT2D eigenvalue weighted by atomic mass is 9.99. The molecule has 0 amide bonds. The fraction of sp³-hybridized carbons (Fsp3) is 0.577. The fourth-order valence-corrected chi connectivity index (χ4v) is 3.65. The number of ether oxygens (including phenoxy) is 1. The third-order valence-corrected chi connectivity index (χ3v) is 5.40. The second-order valence-corrected chi connectivity index (χ2v) is 7.94. The SMILES string of the molecule is CCCCCCCCCCc1cccnc1-c1ccc(OCCCCC)c(F)c1. The molecule has 0 bridgehead atoms. The van der Waals surface area contributed by atoms with Gasteiger partial charge in [0.05, 0.1) is 12.3 Å². The van der Waals surface area contributed by atoms with E-state index < -0.39 is 0 Å². The topological polar surface area (TPSA) is 22.1 Å². The predicted octanol–water partition coefficient (Wildman–Crippen LogP) is 8.14. The molecule has 0 aliphatic heterocycles. The highest BCUT2D eigenvalue weighted by atomic mass is 19.1. The zero-order valence-corrected chi connectivity index (χ0v) is 18.4. The first-order chi connectivity index (χ1) is 14.3. The van der Waals surface area contributed by atoms with Crippen LogP contribution in [0.5, 0.6) is 5.75 Å². The molecule has 2 rings (SSSR count). The van der Waals surface area contributed by atoms with Crippen molar-refractivity contribution in [1.29, 1.82) is 0 Å². The van der Waals surface area contributed by atoms with Crippen LogP contribution in [0.2, 0.25) is 0 Å². The lowest BCUT2D eigenvalue weighted by molar-refractivity contribution is 0.291. The quantitative estimate of drug-likeness (QED) is 0.282. The second kappa shape index (κ2) is 14.1. The molecule has 0 N–H and O–H groups in total. The molecule has 2 nitrogen and oxygen atoms in total. The molecule has 0 saturated carbocycles. The maximum Gasteiger partial charge on any atom is 0.165 e. The summed E-state index contributed by atoms with van der Waals surface area (Å²) in [7, 11) is 0. The molecule has 0 aliphatic carbocycles. The van der Waals surface area contributed by atoms with Crippen LogP contribution in [0, 0.1) is 5.82 Å². The van der Waals surface area contributed by atoms with E-state index >= 15 is 0 Å². The van der Waals surface area contributed by atoms with Gasteiger partial charge in [-0.15, -0.1) is 0 Å². The Morgan fingerprint density at radius 1 is 0.828 bits per heavy atom. The molecule has 0 radical (unpaired) electrons. The molecule has 1 heterocycles. The normalized spacial score (nSPS) is 11.0. The van der Waals surface area contributed by atoms with E-state index in [-0.39, 0.29) is 5.82 Å². The van der Waals surface area contributed by atoms with Gasteiger partial charge in [-0.25, -0.2) is 4.39 Å². The van der Waals surface area contributed by atoms with E-state index in [1.807, 2.05) is 12.1 Å². The van der Waals surface area contributed by atoms with Crippen LogP contribution in [0.3, 0.4) is 0 Å². The first kappa shape index (κ1) is 23.4. The lowest BCUT2D eigenvalue weighted by Crippen LogP contribution is -2.00. The van der Waals surface area contributed by atoms with Gasteiger partial charge >= 0.3 is 0 Å². The summed E-state index contributed by atoms with van der Waals surface area (Å²) >= 11 is 0. The number of nitrogens with zero attached hydrogens (tertiary/aromatic N) is 1. The minimum atomic E-state index is -0.303. The van der Waals surface area contributed by atoms with Crippen molar-refractivity contribution >= 4 is 0 Å². The molecule has 3 heteroatoms. The van der Waals surface area contributed by atoms with Gasteiger partial charge in [0, 0.05) is 11.8 Å². The number of halogens is 1. The predicted molar refractivity (Wildman–Crippen MR) is 121 cm³/mol. The van der Waals surface area contributed by atoms with Crippen molar-refractivity contribution < 1.29 is 9.13 Å². The fourth-order valence-electron chi connectivity index (χ4n) is 3.65. The largest absolute Gasteiger partial charge is 0.491 e. The summed E-state index contributed by atoms with van der Waals surface area (Å²) in [5.41, 5.74) is 2.93. The highest BCUT2D eigenvalue weighted by Gasteiger charge is 2.10. The van der Waals surface area contributed by atoms with E-state index in [0.717, 1.165) is 43.4 Å².